The minimum absolute atomic E-state index is 0.0256. The van der Waals surface area contributed by atoms with E-state index in [4.69, 9.17) is 32.7 Å². The van der Waals surface area contributed by atoms with Crippen molar-refractivity contribution in [2.45, 2.75) is 12.5 Å². The minimum Gasteiger partial charge on any atom is -0.485 e. The third-order valence-corrected chi connectivity index (χ3v) is 3.74. The summed E-state index contributed by atoms with van der Waals surface area (Å²) in [6.45, 7) is 2.49. The van der Waals surface area contributed by atoms with Crippen molar-refractivity contribution in [3.05, 3.63) is 28.2 Å². The lowest BCUT2D eigenvalue weighted by Gasteiger charge is -2.24. The fourth-order valence-corrected chi connectivity index (χ4v) is 2.66. The van der Waals surface area contributed by atoms with Gasteiger partial charge in [0.1, 0.15) is 6.10 Å². The summed E-state index contributed by atoms with van der Waals surface area (Å²) >= 11 is 12.2. The fourth-order valence-electron chi connectivity index (χ4n) is 2.17. The van der Waals surface area contributed by atoms with Crippen LogP contribution in [0.15, 0.2) is 18.2 Å². The van der Waals surface area contributed by atoms with Gasteiger partial charge in [0.25, 0.3) is 0 Å². The van der Waals surface area contributed by atoms with E-state index in [2.05, 4.69) is 5.32 Å². The molecule has 0 amide bonds. The lowest BCUT2D eigenvalue weighted by atomic mass is 10.0. The van der Waals surface area contributed by atoms with E-state index >= 15 is 0 Å². The molecule has 1 heterocycles. The summed E-state index contributed by atoms with van der Waals surface area (Å²) in [7, 11) is 1.67. The SMILES string of the molecule is COC[C@@H](Oc1c(Cl)cccc1Cl)[C@H]1CCNC1. The summed E-state index contributed by atoms with van der Waals surface area (Å²) in [6.07, 6.45) is 1.05. The van der Waals surface area contributed by atoms with Gasteiger partial charge < -0.3 is 14.8 Å². The number of halogens is 2. The Kier molecular flexibility index (Phi) is 5.13. The number of rotatable bonds is 5. The molecule has 0 unspecified atom stereocenters. The maximum atomic E-state index is 6.11. The van der Waals surface area contributed by atoms with Crippen LogP contribution >= 0.6 is 23.2 Å². The van der Waals surface area contributed by atoms with E-state index in [1.807, 2.05) is 0 Å². The highest BCUT2D eigenvalue weighted by Crippen LogP contribution is 2.34. The molecule has 1 aromatic carbocycles. The second-order valence-corrected chi connectivity index (χ2v) is 5.23. The van der Waals surface area contributed by atoms with Gasteiger partial charge in [-0.2, -0.15) is 0 Å². The molecule has 1 N–H and O–H groups in total. The van der Waals surface area contributed by atoms with Gasteiger partial charge in [0.15, 0.2) is 5.75 Å². The first-order chi connectivity index (χ1) is 8.72. The molecule has 1 aromatic rings. The molecule has 0 radical (unpaired) electrons. The Morgan fingerprint density at radius 1 is 1.39 bits per heavy atom. The van der Waals surface area contributed by atoms with E-state index < -0.39 is 0 Å². The van der Waals surface area contributed by atoms with Gasteiger partial charge >= 0.3 is 0 Å². The predicted octanol–water partition coefficient (Wildman–Crippen LogP) is 3.00. The van der Waals surface area contributed by atoms with Gasteiger partial charge in [0, 0.05) is 19.6 Å². The number of ether oxygens (including phenoxy) is 2. The maximum Gasteiger partial charge on any atom is 0.157 e. The molecule has 1 fully saturated rings. The Balaban J connectivity index is 2.12. The molecule has 3 nitrogen and oxygen atoms in total. The minimum atomic E-state index is -0.0256. The molecule has 18 heavy (non-hydrogen) atoms. The summed E-state index contributed by atoms with van der Waals surface area (Å²) in [5, 5.41) is 4.40. The van der Waals surface area contributed by atoms with Gasteiger partial charge in [0.2, 0.25) is 0 Å². The molecule has 0 aliphatic carbocycles. The van der Waals surface area contributed by atoms with Crippen molar-refractivity contribution < 1.29 is 9.47 Å². The summed E-state index contributed by atoms with van der Waals surface area (Å²) in [6, 6.07) is 5.36. The Morgan fingerprint density at radius 3 is 2.67 bits per heavy atom. The van der Waals surface area contributed by atoms with Gasteiger partial charge in [-0.05, 0) is 25.1 Å². The van der Waals surface area contributed by atoms with Crippen molar-refractivity contribution in [1.29, 1.82) is 0 Å². The summed E-state index contributed by atoms with van der Waals surface area (Å²) < 4.78 is 11.2. The number of methoxy groups -OCH3 is 1. The first kappa shape index (κ1) is 13.9. The predicted molar refractivity (Wildman–Crippen MR) is 73.7 cm³/mol. The first-order valence-corrected chi connectivity index (χ1v) is 6.78. The third kappa shape index (κ3) is 3.29. The van der Waals surface area contributed by atoms with E-state index in [0.29, 0.717) is 28.3 Å². The van der Waals surface area contributed by atoms with Crippen molar-refractivity contribution in [2.75, 3.05) is 26.8 Å². The van der Waals surface area contributed by atoms with Crippen LogP contribution in [0.2, 0.25) is 10.0 Å². The molecule has 1 aliphatic heterocycles. The van der Waals surface area contributed by atoms with Gasteiger partial charge in [0.05, 0.1) is 16.7 Å². The Hall–Kier alpha value is -0.480. The van der Waals surface area contributed by atoms with Crippen LogP contribution in [-0.4, -0.2) is 32.9 Å². The zero-order valence-electron chi connectivity index (χ0n) is 10.3. The van der Waals surface area contributed by atoms with Crippen molar-refractivity contribution in [3.8, 4) is 5.75 Å². The highest BCUT2D eigenvalue weighted by molar-refractivity contribution is 6.37. The first-order valence-electron chi connectivity index (χ1n) is 6.02. The smallest absolute Gasteiger partial charge is 0.157 e. The maximum absolute atomic E-state index is 6.11. The van der Waals surface area contributed by atoms with Crippen LogP contribution in [-0.2, 0) is 4.74 Å². The molecular formula is C13H17Cl2NO2. The van der Waals surface area contributed by atoms with Crippen LogP contribution < -0.4 is 10.1 Å². The molecule has 0 spiro atoms. The molecule has 0 bridgehead atoms. The normalized spacial score (nSPS) is 20.9. The molecule has 1 aliphatic rings. The second-order valence-electron chi connectivity index (χ2n) is 4.42. The lowest BCUT2D eigenvalue weighted by Crippen LogP contribution is -2.33. The Morgan fingerprint density at radius 2 is 2.11 bits per heavy atom. The van der Waals surface area contributed by atoms with Gasteiger partial charge in [-0.3, -0.25) is 0 Å². The Labute approximate surface area is 117 Å². The number of nitrogens with one attached hydrogen (secondary N) is 1. The van der Waals surface area contributed by atoms with E-state index in [-0.39, 0.29) is 6.10 Å². The van der Waals surface area contributed by atoms with Crippen molar-refractivity contribution in [1.82, 2.24) is 5.32 Å². The summed E-state index contributed by atoms with van der Waals surface area (Å²) in [4.78, 5) is 0. The number of para-hydroxylation sites is 1. The molecule has 2 atom stereocenters. The van der Waals surface area contributed by atoms with Crippen molar-refractivity contribution in [2.24, 2.45) is 5.92 Å². The van der Waals surface area contributed by atoms with Gasteiger partial charge in [-0.25, -0.2) is 0 Å². The topological polar surface area (TPSA) is 30.5 Å². The molecular weight excluding hydrogens is 273 g/mol. The highest BCUT2D eigenvalue weighted by Gasteiger charge is 2.27. The average molecular weight is 290 g/mol. The number of hydrogen-bond acceptors (Lipinski definition) is 3. The number of benzene rings is 1. The zero-order valence-corrected chi connectivity index (χ0v) is 11.8. The molecule has 1 saturated heterocycles. The van der Waals surface area contributed by atoms with E-state index in [1.165, 1.54) is 0 Å². The van der Waals surface area contributed by atoms with E-state index in [0.717, 1.165) is 19.5 Å². The summed E-state index contributed by atoms with van der Waals surface area (Å²) in [5.41, 5.74) is 0. The average Bonchev–Trinajstić information content (AvgIpc) is 2.86. The molecule has 0 saturated carbocycles. The van der Waals surface area contributed by atoms with Crippen LogP contribution in [0.1, 0.15) is 6.42 Å². The fraction of sp³-hybridized carbons (Fsp3) is 0.538. The quantitative estimate of drug-likeness (QED) is 0.904. The van der Waals surface area contributed by atoms with E-state index in [9.17, 15) is 0 Å². The van der Waals surface area contributed by atoms with Crippen molar-refractivity contribution >= 4 is 23.2 Å². The molecule has 5 heteroatoms. The second kappa shape index (κ2) is 6.62. The van der Waals surface area contributed by atoms with Gasteiger partial charge in [-0.15, -0.1) is 0 Å². The van der Waals surface area contributed by atoms with E-state index in [1.54, 1.807) is 25.3 Å². The van der Waals surface area contributed by atoms with Gasteiger partial charge in [-0.1, -0.05) is 29.3 Å². The standard InChI is InChI=1S/C13H17Cl2NO2/c1-17-8-12(9-5-6-16-7-9)18-13-10(14)3-2-4-11(13)15/h2-4,9,12,16H,5-8H2,1H3/t9-,12+/m0/s1. The lowest BCUT2D eigenvalue weighted by molar-refractivity contribution is 0.0484. The highest BCUT2D eigenvalue weighted by atomic mass is 35.5. The molecule has 2 rings (SSSR count). The third-order valence-electron chi connectivity index (χ3n) is 3.14. The largest absolute Gasteiger partial charge is 0.485 e. The molecule has 100 valence electrons. The summed E-state index contributed by atoms with van der Waals surface area (Å²) in [5.74, 6) is 0.979. The number of hydrogen-bond donors (Lipinski definition) is 1. The zero-order chi connectivity index (χ0) is 13.0. The van der Waals surface area contributed by atoms with Crippen LogP contribution in [0.25, 0.3) is 0 Å². The monoisotopic (exact) mass is 289 g/mol. The Bertz CT molecular complexity index is 374. The van der Waals surface area contributed by atoms with Crippen LogP contribution in [0.4, 0.5) is 0 Å². The molecule has 0 aromatic heterocycles. The van der Waals surface area contributed by atoms with Crippen molar-refractivity contribution in [3.63, 3.8) is 0 Å². The van der Waals surface area contributed by atoms with Crippen LogP contribution in [0, 0.1) is 5.92 Å². The van der Waals surface area contributed by atoms with Crippen LogP contribution in [0.5, 0.6) is 5.75 Å². The van der Waals surface area contributed by atoms with Crippen LogP contribution in [0.3, 0.4) is 0 Å².